The number of carbonyl (C=O) groups excluding carboxylic acids is 1. The van der Waals surface area contributed by atoms with Crippen LogP contribution in [0.1, 0.15) is 0 Å². The molecule has 0 radical (unpaired) electrons. The minimum Gasteiger partial charge on any atom is -0.485 e. The summed E-state index contributed by atoms with van der Waals surface area (Å²) >= 11 is 7.74. The molecular formula is C19H15ClN2O3S. The number of halogens is 1. The van der Waals surface area contributed by atoms with Gasteiger partial charge in [-0.2, -0.15) is 4.99 Å². The van der Waals surface area contributed by atoms with E-state index >= 15 is 0 Å². The van der Waals surface area contributed by atoms with E-state index in [4.69, 9.17) is 21.1 Å². The zero-order chi connectivity index (χ0) is 18.1. The summed E-state index contributed by atoms with van der Waals surface area (Å²) in [6, 6.07) is 12.9. The summed E-state index contributed by atoms with van der Waals surface area (Å²) < 4.78 is 14.2. The Hall–Kier alpha value is -2.57. The summed E-state index contributed by atoms with van der Waals surface area (Å²) in [6.07, 6.45) is 0.970. The third-order valence-corrected chi connectivity index (χ3v) is 5.30. The fourth-order valence-electron chi connectivity index (χ4n) is 2.78. The minimum absolute atomic E-state index is 0.131. The van der Waals surface area contributed by atoms with Gasteiger partial charge in [0, 0.05) is 6.54 Å². The van der Waals surface area contributed by atoms with E-state index in [1.54, 1.807) is 18.2 Å². The summed E-state index contributed by atoms with van der Waals surface area (Å²) in [6.45, 7) is 4.41. The number of benzene rings is 2. The van der Waals surface area contributed by atoms with Crippen LogP contribution in [-0.4, -0.2) is 23.2 Å². The third kappa shape index (κ3) is 3.02. The molecule has 7 heteroatoms. The van der Waals surface area contributed by atoms with Crippen molar-refractivity contribution in [3.05, 3.63) is 64.9 Å². The second-order valence-electron chi connectivity index (χ2n) is 5.68. The second kappa shape index (κ2) is 6.97. The molecule has 1 aliphatic heterocycles. The quantitative estimate of drug-likeness (QED) is 0.643. The van der Waals surface area contributed by atoms with Gasteiger partial charge >= 0.3 is 0 Å². The number of amides is 1. The van der Waals surface area contributed by atoms with Crippen LogP contribution in [0.25, 0.3) is 10.2 Å². The second-order valence-corrected chi connectivity index (χ2v) is 7.10. The first-order valence-corrected chi connectivity index (χ1v) is 9.22. The van der Waals surface area contributed by atoms with E-state index in [9.17, 15) is 4.79 Å². The number of thiazole rings is 1. The van der Waals surface area contributed by atoms with Gasteiger partial charge in [-0.1, -0.05) is 47.2 Å². The Morgan fingerprint density at radius 1 is 1.31 bits per heavy atom. The van der Waals surface area contributed by atoms with Crippen LogP contribution < -0.4 is 14.3 Å². The maximum atomic E-state index is 12.7. The van der Waals surface area contributed by atoms with E-state index in [1.165, 1.54) is 11.3 Å². The zero-order valence-electron chi connectivity index (χ0n) is 13.7. The van der Waals surface area contributed by atoms with Gasteiger partial charge in [0.25, 0.3) is 5.91 Å². The Labute approximate surface area is 158 Å². The van der Waals surface area contributed by atoms with Gasteiger partial charge in [-0.25, -0.2) is 0 Å². The van der Waals surface area contributed by atoms with Crippen molar-refractivity contribution in [2.75, 3.05) is 6.61 Å². The van der Waals surface area contributed by atoms with Gasteiger partial charge in [0.15, 0.2) is 16.3 Å². The van der Waals surface area contributed by atoms with Crippen LogP contribution in [0.15, 0.2) is 60.1 Å². The fraction of sp³-hybridized carbons (Fsp3) is 0.158. The first-order valence-electron chi connectivity index (χ1n) is 8.03. The van der Waals surface area contributed by atoms with Crippen molar-refractivity contribution in [1.82, 2.24) is 4.57 Å². The highest BCUT2D eigenvalue weighted by Gasteiger charge is 2.27. The molecule has 26 heavy (non-hydrogen) atoms. The van der Waals surface area contributed by atoms with Crippen LogP contribution in [0.4, 0.5) is 0 Å². The number of carbonyl (C=O) groups is 1. The van der Waals surface area contributed by atoms with Crippen LogP contribution in [0.5, 0.6) is 11.5 Å². The Morgan fingerprint density at radius 2 is 2.12 bits per heavy atom. The van der Waals surface area contributed by atoms with Crippen LogP contribution in [-0.2, 0) is 11.3 Å². The molecule has 0 saturated heterocycles. The molecular weight excluding hydrogens is 372 g/mol. The Morgan fingerprint density at radius 3 is 2.92 bits per heavy atom. The molecule has 0 N–H and O–H groups in total. The summed E-state index contributed by atoms with van der Waals surface area (Å²) in [4.78, 5) is 17.5. The lowest BCUT2D eigenvalue weighted by atomic mass is 10.2. The van der Waals surface area contributed by atoms with Crippen LogP contribution >= 0.6 is 22.9 Å². The van der Waals surface area contributed by atoms with E-state index in [2.05, 4.69) is 11.6 Å². The van der Waals surface area contributed by atoms with Crippen molar-refractivity contribution in [2.24, 2.45) is 4.99 Å². The van der Waals surface area contributed by atoms with E-state index in [1.807, 2.05) is 34.9 Å². The number of para-hydroxylation sites is 3. The predicted molar refractivity (Wildman–Crippen MR) is 102 cm³/mol. The Balaban J connectivity index is 1.72. The zero-order valence-corrected chi connectivity index (χ0v) is 15.3. The molecule has 0 saturated carbocycles. The number of allylic oxidation sites excluding steroid dienone is 1. The summed E-state index contributed by atoms with van der Waals surface area (Å²) in [7, 11) is 0. The SMILES string of the molecule is C=CCn1c(=NC(=O)C2COc3ccccc3O2)sc2cccc(Cl)c21. The summed E-state index contributed by atoms with van der Waals surface area (Å²) in [5.41, 5.74) is 0.844. The molecule has 3 aromatic rings. The van der Waals surface area contributed by atoms with Gasteiger partial charge in [-0.05, 0) is 24.3 Å². The largest absolute Gasteiger partial charge is 0.485 e. The first kappa shape index (κ1) is 16.9. The highest BCUT2D eigenvalue weighted by Crippen LogP contribution is 2.31. The van der Waals surface area contributed by atoms with Crippen molar-refractivity contribution >= 4 is 39.1 Å². The molecule has 132 valence electrons. The number of ether oxygens (including phenoxy) is 2. The van der Waals surface area contributed by atoms with Crippen LogP contribution in [0.3, 0.4) is 0 Å². The number of fused-ring (bicyclic) bond motifs is 2. The van der Waals surface area contributed by atoms with E-state index in [0.29, 0.717) is 27.9 Å². The fourth-order valence-corrected chi connectivity index (χ4v) is 4.18. The molecule has 2 heterocycles. The van der Waals surface area contributed by atoms with Gasteiger partial charge in [-0.15, -0.1) is 6.58 Å². The summed E-state index contributed by atoms with van der Waals surface area (Å²) in [5, 5.41) is 0.612. The van der Waals surface area contributed by atoms with Crippen molar-refractivity contribution in [3.8, 4) is 11.5 Å². The highest BCUT2D eigenvalue weighted by atomic mass is 35.5. The number of nitrogens with zero attached hydrogens (tertiary/aromatic N) is 2. The van der Waals surface area contributed by atoms with E-state index in [-0.39, 0.29) is 12.5 Å². The lowest BCUT2D eigenvalue weighted by Crippen LogP contribution is -2.36. The van der Waals surface area contributed by atoms with Crippen molar-refractivity contribution < 1.29 is 14.3 Å². The molecule has 0 fully saturated rings. The topological polar surface area (TPSA) is 52.8 Å². The molecule has 2 aromatic carbocycles. The van der Waals surface area contributed by atoms with Crippen molar-refractivity contribution in [1.29, 1.82) is 0 Å². The maximum absolute atomic E-state index is 12.7. The smallest absolute Gasteiger partial charge is 0.292 e. The summed E-state index contributed by atoms with van der Waals surface area (Å²) in [5.74, 6) is 0.789. The van der Waals surface area contributed by atoms with E-state index in [0.717, 1.165) is 10.2 Å². The van der Waals surface area contributed by atoms with Crippen LogP contribution in [0, 0.1) is 0 Å². The predicted octanol–water partition coefficient (Wildman–Crippen LogP) is 3.81. The molecule has 1 atom stereocenters. The Kier molecular flexibility index (Phi) is 4.53. The molecule has 1 aliphatic rings. The van der Waals surface area contributed by atoms with Crippen molar-refractivity contribution in [2.45, 2.75) is 12.6 Å². The maximum Gasteiger partial charge on any atom is 0.292 e. The number of hydrogen-bond donors (Lipinski definition) is 0. The first-order chi connectivity index (χ1) is 12.7. The van der Waals surface area contributed by atoms with Gasteiger partial charge in [0.1, 0.15) is 6.61 Å². The molecule has 5 nitrogen and oxygen atoms in total. The van der Waals surface area contributed by atoms with Crippen molar-refractivity contribution in [3.63, 3.8) is 0 Å². The van der Waals surface area contributed by atoms with Gasteiger partial charge in [0.2, 0.25) is 6.10 Å². The Bertz CT molecular complexity index is 1070. The molecule has 1 unspecified atom stereocenters. The highest BCUT2D eigenvalue weighted by molar-refractivity contribution is 7.16. The number of hydrogen-bond acceptors (Lipinski definition) is 4. The monoisotopic (exact) mass is 386 g/mol. The minimum atomic E-state index is -0.775. The van der Waals surface area contributed by atoms with Gasteiger partial charge in [-0.3, -0.25) is 4.79 Å². The molecule has 1 amide bonds. The van der Waals surface area contributed by atoms with Gasteiger partial charge in [0.05, 0.1) is 15.2 Å². The van der Waals surface area contributed by atoms with E-state index < -0.39 is 6.10 Å². The van der Waals surface area contributed by atoms with Gasteiger partial charge < -0.3 is 14.0 Å². The molecule has 0 bridgehead atoms. The lowest BCUT2D eigenvalue weighted by molar-refractivity contribution is -0.127. The molecule has 1 aromatic heterocycles. The molecule has 0 aliphatic carbocycles. The average Bonchev–Trinajstić information content (AvgIpc) is 3.00. The molecule has 4 rings (SSSR count). The normalized spacial score (nSPS) is 16.7. The lowest BCUT2D eigenvalue weighted by Gasteiger charge is -2.23. The average molecular weight is 387 g/mol. The number of aromatic nitrogens is 1. The number of rotatable bonds is 3. The third-order valence-electron chi connectivity index (χ3n) is 3.95. The van der Waals surface area contributed by atoms with Crippen LogP contribution in [0.2, 0.25) is 5.02 Å². The standard InChI is InChI=1S/C19H15ClN2O3S/c1-2-10-22-17-12(20)6-5-9-16(17)26-19(22)21-18(23)15-11-24-13-7-3-4-8-14(13)25-15/h2-9,15H,1,10-11H2. The molecule has 0 spiro atoms.